The molecule has 1 aliphatic heterocycles. The van der Waals surface area contributed by atoms with Gasteiger partial charge in [0, 0.05) is 6.54 Å². The molecular formula is C19H16INO3S. The van der Waals surface area contributed by atoms with E-state index in [1.807, 2.05) is 52.9 Å². The number of amides is 2. The number of phenolic OH excluding ortho intramolecular Hbond substituents is 1. The number of aromatic hydroxyl groups is 1. The van der Waals surface area contributed by atoms with Gasteiger partial charge in [-0.2, -0.15) is 0 Å². The van der Waals surface area contributed by atoms with Crippen molar-refractivity contribution in [3.63, 3.8) is 0 Å². The van der Waals surface area contributed by atoms with Gasteiger partial charge in [-0.15, -0.1) is 0 Å². The van der Waals surface area contributed by atoms with Gasteiger partial charge in [0.15, 0.2) is 0 Å². The number of thioether (sulfide) groups is 1. The Labute approximate surface area is 164 Å². The molecule has 3 rings (SSSR count). The molecule has 128 valence electrons. The van der Waals surface area contributed by atoms with Crippen molar-refractivity contribution >= 4 is 51.6 Å². The molecule has 0 aliphatic carbocycles. The second-order valence-electron chi connectivity index (χ2n) is 5.63. The molecule has 2 amide bonds. The number of benzene rings is 2. The Balaban J connectivity index is 1.65. The molecule has 2 aromatic rings. The third-order valence-corrected chi connectivity index (χ3v) is 5.60. The van der Waals surface area contributed by atoms with Crippen LogP contribution in [0.15, 0.2) is 53.4 Å². The topological polar surface area (TPSA) is 57.6 Å². The van der Waals surface area contributed by atoms with Crippen LogP contribution in [0.1, 0.15) is 17.5 Å². The molecule has 0 aromatic heterocycles. The molecule has 1 fully saturated rings. The number of carbonyl (C=O) groups excluding carboxylic acids is 2. The number of hydrogen-bond acceptors (Lipinski definition) is 4. The van der Waals surface area contributed by atoms with E-state index in [-0.39, 0.29) is 16.9 Å². The van der Waals surface area contributed by atoms with Gasteiger partial charge in [0.25, 0.3) is 11.1 Å². The van der Waals surface area contributed by atoms with E-state index in [1.165, 1.54) is 10.5 Å². The van der Waals surface area contributed by atoms with E-state index in [0.29, 0.717) is 15.0 Å². The first kappa shape index (κ1) is 18.0. The molecule has 2 aromatic carbocycles. The van der Waals surface area contributed by atoms with Gasteiger partial charge in [-0.1, -0.05) is 36.4 Å². The van der Waals surface area contributed by atoms with Crippen LogP contribution in [0.5, 0.6) is 5.75 Å². The van der Waals surface area contributed by atoms with Gasteiger partial charge in [-0.25, -0.2) is 0 Å². The van der Waals surface area contributed by atoms with Crippen LogP contribution in [0.2, 0.25) is 0 Å². The summed E-state index contributed by atoms with van der Waals surface area (Å²) in [7, 11) is 0. The lowest BCUT2D eigenvalue weighted by atomic mass is 10.1. The quantitative estimate of drug-likeness (QED) is 0.516. The minimum atomic E-state index is -0.244. The monoisotopic (exact) mass is 465 g/mol. The SMILES string of the molecule is O=C1S/C(=C/c2ccc(O)c(I)c2)C(=O)N1CCCc1ccccc1. The summed E-state index contributed by atoms with van der Waals surface area (Å²) < 4.78 is 0.702. The molecule has 1 aliphatic rings. The van der Waals surface area contributed by atoms with E-state index >= 15 is 0 Å². The summed E-state index contributed by atoms with van der Waals surface area (Å²) in [6, 6.07) is 15.1. The third kappa shape index (κ3) is 4.43. The molecule has 0 saturated carbocycles. The van der Waals surface area contributed by atoms with Crippen molar-refractivity contribution < 1.29 is 14.7 Å². The van der Waals surface area contributed by atoms with E-state index in [0.717, 1.165) is 30.2 Å². The van der Waals surface area contributed by atoms with Crippen molar-refractivity contribution in [2.75, 3.05) is 6.54 Å². The molecule has 25 heavy (non-hydrogen) atoms. The van der Waals surface area contributed by atoms with Crippen LogP contribution >= 0.6 is 34.4 Å². The number of halogens is 1. The Morgan fingerprint density at radius 1 is 1.12 bits per heavy atom. The summed E-state index contributed by atoms with van der Waals surface area (Å²) in [5, 5.41) is 9.34. The molecule has 1 N–H and O–H groups in total. The lowest BCUT2D eigenvalue weighted by Gasteiger charge is -2.12. The maximum Gasteiger partial charge on any atom is 0.293 e. The van der Waals surface area contributed by atoms with Crippen LogP contribution in [0.4, 0.5) is 4.79 Å². The van der Waals surface area contributed by atoms with Gasteiger partial charge < -0.3 is 5.11 Å². The fourth-order valence-corrected chi connectivity index (χ4v) is 3.95. The van der Waals surface area contributed by atoms with Crippen molar-refractivity contribution in [3.05, 3.63) is 68.1 Å². The number of nitrogens with zero attached hydrogens (tertiary/aromatic N) is 1. The largest absolute Gasteiger partial charge is 0.507 e. The van der Waals surface area contributed by atoms with Crippen molar-refractivity contribution in [2.24, 2.45) is 0 Å². The normalized spacial score (nSPS) is 16.0. The highest BCUT2D eigenvalue weighted by Gasteiger charge is 2.34. The fourth-order valence-electron chi connectivity index (χ4n) is 2.54. The number of rotatable bonds is 5. The van der Waals surface area contributed by atoms with E-state index < -0.39 is 0 Å². The first-order chi connectivity index (χ1) is 12.0. The number of hydrogen-bond donors (Lipinski definition) is 1. The Kier molecular flexibility index (Phi) is 5.80. The van der Waals surface area contributed by atoms with Crippen LogP contribution in [-0.2, 0) is 11.2 Å². The molecule has 1 saturated heterocycles. The second-order valence-corrected chi connectivity index (χ2v) is 7.79. The zero-order chi connectivity index (χ0) is 17.8. The minimum absolute atomic E-state index is 0.201. The summed E-state index contributed by atoms with van der Waals surface area (Å²) in [4.78, 5) is 26.3. The maximum atomic E-state index is 12.5. The summed E-state index contributed by atoms with van der Waals surface area (Å²) >= 11 is 2.99. The van der Waals surface area contributed by atoms with E-state index in [2.05, 4.69) is 0 Å². The predicted octanol–water partition coefficient (Wildman–Crippen LogP) is 4.67. The average Bonchev–Trinajstić information content (AvgIpc) is 2.86. The van der Waals surface area contributed by atoms with Crippen LogP contribution < -0.4 is 0 Å². The number of imide groups is 1. The third-order valence-electron chi connectivity index (χ3n) is 3.83. The van der Waals surface area contributed by atoms with Crippen LogP contribution in [-0.4, -0.2) is 27.7 Å². The summed E-state index contributed by atoms with van der Waals surface area (Å²) in [6.07, 6.45) is 3.27. The Hall–Kier alpha value is -1.80. The van der Waals surface area contributed by atoms with Crippen LogP contribution in [0, 0.1) is 3.57 Å². The molecule has 0 unspecified atom stereocenters. The zero-order valence-electron chi connectivity index (χ0n) is 13.3. The molecule has 1 heterocycles. The molecular weight excluding hydrogens is 449 g/mol. The average molecular weight is 465 g/mol. The van der Waals surface area contributed by atoms with Gasteiger partial charge in [-0.3, -0.25) is 14.5 Å². The van der Waals surface area contributed by atoms with E-state index in [1.54, 1.807) is 24.3 Å². The summed E-state index contributed by atoms with van der Waals surface area (Å²) in [5.74, 6) is -0.0436. The summed E-state index contributed by atoms with van der Waals surface area (Å²) in [6.45, 7) is 0.421. The highest BCUT2D eigenvalue weighted by atomic mass is 127. The van der Waals surface area contributed by atoms with Gasteiger partial charge in [0.1, 0.15) is 5.75 Å². The van der Waals surface area contributed by atoms with Gasteiger partial charge in [0.05, 0.1) is 8.48 Å². The maximum absolute atomic E-state index is 12.5. The molecule has 0 bridgehead atoms. The van der Waals surface area contributed by atoms with E-state index in [9.17, 15) is 14.7 Å². The van der Waals surface area contributed by atoms with Crippen LogP contribution in [0.25, 0.3) is 6.08 Å². The first-order valence-corrected chi connectivity index (χ1v) is 9.72. The molecule has 0 atom stereocenters. The molecule has 4 nitrogen and oxygen atoms in total. The van der Waals surface area contributed by atoms with Crippen LogP contribution in [0.3, 0.4) is 0 Å². The highest BCUT2D eigenvalue weighted by molar-refractivity contribution is 14.1. The smallest absolute Gasteiger partial charge is 0.293 e. The molecule has 0 spiro atoms. The van der Waals surface area contributed by atoms with Crippen molar-refractivity contribution in [2.45, 2.75) is 12.8 Å². The lowest BCUT2D eigenvalue weighted by Crippen LogP contribution is -2.29. The standard InChI is InChI=1S/C19H16INO3S/c20-15-11-14(8-9-16(15)22)12-17-18(23)21(19(24)25-17)10-4-7-13-5-2-1-3-6-13/h1-3,5-6,8-9,11-12,22H,4,7,10H2/b17-12+. The Morgan fingerprint density at radius 2 is 1.88 bits per heavy atom. The second kappa shape index (κ2) is 8.05. The first-order valence-electron chi connectivity index (χ1n) is 7.82. The minimum Gasteiger partial charge on any atom is -0.507 e. The number of carbonyl (C=O) groups is 2. The van der Waals surface area contributed by atoms with Gasteiger partial charge in [0.2, 0.25) is 0 Å². The van der Waals surface area contributed by atoms with E-state index in [4.69, 9.17) is 0 Å². The Morgan fingerprint density at radius 3 is 2.60 bits per heavy atom. The highest BCUT2D eigenvalue weighted by Crippen LogP contribution is 2.33. The molecule has 0 radical (unpaired) electrons. The summed E-state index contributed by atoms with van der Waals surface area (Å²) in [5.41, 5.74) is 1.99. The molecule has 6 heteroatoms. The van der Waals surface area contributed by atoms with Crippen molar-refractivity contribution in [3.8, 4) is 5.75 Å². The zero-order valence-corrected chi connectivity index (χ0v) is 16.3. The Bertz CT molecular complexity index is 836. The fraction of sp³-hybridized carbons (Fsp3) is 0.158. The van der Waals surface area contributed by atoms with Crippen molar-refractivity contribution in [1.82, 2.24) is 4.90 Å². The van der Waals surface area contributed by atoms with Gasteiger partial charge in [-0.05, 0) is 76.5 Å². The van der Waals surface area contributed by atoms with Crippen molar-refractivity contribution in [1.29, 1.82) is 0 Å². The lowest BCUT2D eigenvalue weighted by molar-refractivity contribution is -0.122. The number of phenols is 1. The van der Waals surface area contributed by atoms with Gasteiger partial charge >= 0.3 is 0 Å². The predicted molar refractivity (Wildman–Crippen MR) is 108 cm³/mol. The number of aryl methyl sites for hydroxylation is 1.